The minimum absolute atomic E-state index is 0.176. The maximum Gasteiger partial charge on any atom is 0.275 e. The number of halogens is 1. The average molecular weight is 336 g/mol. The number of aryl methyl sites for hydroxylation is 2. The van der Waals surface area contributed by atoms with Gasteiger partial charge >= 0.3 is 0 Å². The lowest BCUT2D eigenvalue weighted by molar-refractivity contribution is 0.1000. The van der Waals surface area contributed by atoms with Gasteiger partial charge in [-0.3, -0.25) is 14.2 Å². The van der Waals surface area contributed by atoms with Crippen LogP contribution in [0.15, 0.2) is 18.3 Å². The van der Waals surface area contributed by atoms with E-state index >= 15 is 0 Å². The molecule has 1 aliphatic heterocycles. The molecule has 3 aromatic rings. The van der Waals surface area contributed by atoms with Gasteiger partial charge in [0.05, 0.1) is 16.5 Å². The van der Waals surface area contributed by atoms with Crippen molar-refractivity contribution in [3.05, 3.63) is 35.4 Å². The first kappa shape index (κ1) is 15.4. The van der Waals surface area contributed by atoms with Crippen molar-refractivity contribution >= 4 is 23.5 Å². The Balaban J connectivity index is 1.93. The number of carbonyl (C=O) groups is 1. The van der Waals surface area contributed by atoms with Gasteiger partial charge in [-0.1, -0.05) is 0 Å². The molecule has 1 amide bonds. The van der Waals surface area contributed by atoms with E-state index in [2.05, 4.69) is 16.2 Å². The molecule has 25 heavy (non-hydrogen) atoms. The molecular formula is C16H14BFN6O. The summed E-state index contributed by atoms with van der Waals surface area (Å²) < 4.78 is 17.7. The number of nitrogens with two attached hydrogens (primary N) is 1. The van der Waals surface area contributed by atoms with Gasteiger partial charge in [-0.05, 0) is 24.8 Å². The largest absolute Gasteiger partial charge is 0.365 e. The van der Waals surface area contributed by atoms with E-state index in [1.54, 1.807) is 24.0 Å². The molecule has 0 fully saturated rings. The zero-order chi connectivity index (χ0) is 17.7. The number of benzene rings is 1. The first-order valence-corrected chi connectivity index (χ1v) is 7.90. The van der Waals surface area contributed by atoms with Crippen LogP contribution in [0.4, 0.5) is 4.39 Å². The SMILES string of the molecule is Cn1cc2c(F)cc(-c3nn4c(c3C(N)=O)CB(C#N)CC4)cc2n1. The third-order valence-corrected chi connectivity index (χ3v) is 4.58. The predicted molar refractivity (Wildman–Crippen MR) is 90.3 cm³/mol. The molecule has 2 aromatic heterocycles. The zero-order valence-electron chi connectivity index (χ0n) is 13.5. The second kappa shape index (κ2) is 5.45. The second-order valence-electron chi connectivity index (χ2n) is 6.27. The molecule has 9 heteroatoms. The molecule has 124 valence electrons. The van der Waals surface area contributed by atoms with Gasteiger partial charge in [0.2, 0.25) is 0 Å². The summed E-state index contributed by atoms with van der Waals surface area (Å²) in [6, 6.07) is 3.04. The van der Waals surface area contributed by atoms with Crippen LogP contribution in [0.25, 0.3) is 22.2 Å². The molecule has 7 nitrogen and oxygen atoms in total. The van der Waals surface area contributed by atoms with Crippen LogP contribution in [0.3, 0.4) is 0 Å². The van der Waals surface area contributed by atoms with Crippen molar-refractivity contribution < 1.29 is 9.18 Å². The third kappa shape index (κ3) is 2.38. The van der Waals surface area contributed by atoms with Gasteiger partial charge in [0.15, 0.2) is 0 Å². The van der Waals surface area contributed by atoms with Crippen LogP contribution < -0.4 is 5.73 Å². The third-order valence-electron chi connectivity index (χ3n) is 4.58. The van der Waals surface area contributed by atoms with Crippen molar-refractivity contribution in [1.29, 1.82) is 5.26 Å². The maximum atomic E-state index is 14.4. The number of primary amides is 1. The molecule has 0 aliphatic carbocycles. The summed E-state index contributed by atoms with van der Waals surface area (Å²) >= 11 is 0. The molecule has 0 saturated heterocycles. The Hall–Kier alpha value is -3.15. The van der Waals surface area contributed by atoms with Crippen molar-refractivity contribution in [3.63, 3.8) is 0 Å². The number of aromatic nitrogens is 4. The van der Waals surface area contributed by atoms with Crippen LogP contribution in [-0.4, -0.2) is 32.2 Å². The van der Waals surface area contributed by atoms with Gasteiger partial charge in [0, 0.05) is 37.0 Å². The number of nitriles is 1. The fourth-order valence-electron chi connectivity index (χ4n) is 3.41. The quantitative estimate of drug-likeness (QED) is 0.713. The molecule has 0 atom stereocenters. The smallest absolute Gasteiger partial charge is 0.275 e. The Kier molecular flexibility index (Phi) is 3.35. The summed E-state index contributed by atoms with van der Waals surface area (Å²) in [5, 5.41) is 18.3. The van der Waals surface area contributed by atoms with E-state index in [4.69, 9.17) is 5.73 Å². The first-order chi connectivity index (χ1) is 12.0. The Morgan fingerprint density at radius 3 is 2.96 bits per heavy atom. The number of fused-ring (bicyclic) bond motifs is 2. The highest BCUT2D eigenvalue weighted by atomic mass is 19.1. The lowest BCUT2D eigenvalue weighted by Gasteiger charge is -2.15. The minimum atomic E-state index is -0.628. The molecule has 0 spiro atoms. The Morgan fingerprint density at radius 1 is 1.44 bits per heavy atom. The molecule has 1 aromatic carbocycles. The summed E-state index contributed by atoms with van der Waals surface area (Å²) in [5.41, 5.74) is 7.75. The second-order valence-corrected chi connectivity index (χ2v) is 6.27. The average Bonchev–Trinajstić information content (AvgIpc) is 3.14. The van der Waals surface area contributed by atoms with E-state index in [9.17, 15) is 14.4 Å². The predicted octanol–water partition coefficient (Wildman–Crippen LogP) is 1.33. The van der Waals surface area contributed by atoms with Gasteiger partial charge < -0.3 is 5.73 Å². The summed E-state index contributed by atoms with van der Waals surface area (Å²) in [5.74, 6) is 1.17. The van der Waals surface area contributed by atoms with Gasteiger partial charge in [-0.2, -0.15) is 10.2 Å². The van der Waals surface area contributed by atoms with Gasteiger partial charge in [-0.25, -0.2) is 9.65 Å². The lowest BCUT2D eigenvalue weighted by atomic mass is 9.45. The molecule has 3 heterocycles. The van der Waals surface area contributed by atoms with Crippen LogP contribution in [0, 0.1) is 17.0 Å². The molecule has 0 saturated carbocycles. The number of rotatable bonds is 2. The first-order valence-electron chi connectivity index (χ1n) is 7.90. The number of hydrogen-bond acceptors (Lipinski definition) is 4. The number of hydrogen-bond donors (Lipinski definition) is 1. The summed E-state index contributed by atoms with van der Waals surface area (Å²) in [4.78, 5) is 12.0. The summed E-state index contributed by atoms with van der Waals surface area (Å²) in [6.07, 6.45) is 2.67. The van der Waals surface area contributed by atoms with Crippen molar-refractivity contribution in [2.45, 2.75) is 19.2 Å². The summed E-state index contributed by atoms with van der Waals surface area (Å²) in [6.45, 7) is 0.354. The van der Waals surface area contributed by atoms with Crippen LogP contribution in [0.2, 0.25) is 6.32 Å². The highest BCUT2D eigenvalue weighted by Crippen LogP contribution is 2.31. The highest BCUT2D eigenvalue weighted by Gasteiger charge is 2.31. The highest BCUT2D eigenvalue weighted by molar-refractivity contribution is 6.66. The van der Waals surface area contributed by atoms with Crippen LogP contribution >= 0.6 is 0 Å². The van der Waals surface area contributed by atoms with Crippen molar-refractivity contribution in [2.24, 2.45) is 12.8 Å². The van der Waals surface area contributed by atoms with Gasteiger partial charge in [0.25, 0.3) is 12.6 Å². The van der Waals surface area contributed by atoms with Crippen LogP contribution in [0.5, 0.6) is 0 Å². The van der Waals surface area contributed by atoms with Crippen LogP contribution in [0.1, 0.15) is 16.1 Å². The molecular weight excluding hydrogens is 322 g/mol. The Bertz CT molecular complexity index is 1060. The Morgan fingerprint density at radius 2 is 2.24 bits per heavy atom. The maximum absolute atomic E-state index is 14.4. The van der Waals surface area contributed by atoms with E-state index in [1.807, 2.05) is 0 Å². The van der Waals surface area contributed by atoms with Crippen molar-refractivity contribution in [3.8, 4) is 17.2 Å². The zero-order valence-corrected chi connectivity index (χ0v) is 13.5. The molecule has 0 radical (unpaired) electrons. The van der Waals surface area contributed by atoms with E-state index < -0.39 is 11.7 Å². The van der Waals surface area contributed by atoms with Crippen molar-refractivity contribution in [2.75, 3.05) is 0 Å². The number of nitrogens with zero attached hydrogens (tertiary/aromatic N) is 5. The number of amides is 1. The van der Waals surface area contributed by atoms with Crippen LogP contribution in [-0.2, 0) is 19.9 Å². The van der Waals surface area contributed by atoms with E-state index in [0.717, 1.165) is 0 Å². The van der Waals surface area contributed by atoms with E-state index in [0.29, 0.717) is 47.0 Å². The molecule has 0 unspecified atom stereocenters. The van der Waals surface area contributed by atoms with Crippen molar-refractivity contribution in [1.82, 2.24) is 19.6 Å². The van der Waals surface area contributed by atoms with E-state index in [-0.39, 0.29) is 12.3 Å². The molecule has 4 rings (SSSR count). The minimum Gasteiger partial charge on any atom is -0.365 e. The normalized spacial score (nSPS) is 13.7. The number of carbonyl (C=O) groups excluding carboxylic acids is 1. The monoisotopic (exact) mass is 336 g/mol. The van der Waals surface area contributed by atoms with E-state index in [1.165, 1.54) is 10.7 Å². The Labute approximate surface area is 142 Å². The molecule has 1 aliphatic rings. The van der Waals surface area contributed by atoms with Gasteiger partial charge in [-0.15, -0.1) is 0 Å². The topological polar surface area (TPSA) is 103 Å². The standard InChI is InChI=1S/C16H14BFN6O/c1-23-7-10-11(18)4-9(5-12(10)21-23)15-14(16(20)25)13-6-17(8-19)2-3-24(13)22-15/h4-5,7H,2-3,6H2,1H3,(H2,20,25). The fraction of sp³-hybridized carbons (Fsp3) is 0.250. The summed E-state index contributed by atoms with van der Waals surface area (Å²) in [7, 11) is 1.71. The van der Waals surface area contributed by atoms with Gasteiger partial charge in [0.1, 0.15) is 11.5 Å². The lowest BCUT2D eigenvalue weighted by Crippen LogP contribution is -2.28. The molecule has 0 bridgehead atoms. The fourth-order valence-corrected chi connectivity index (χ4v) is 3.41. The molecule has 2 N–H and O–H groups in total.